The molecule has 0 bridgehead atoms. The van der Waals surface area contributed by atoms with Gasteiger partial charge in [-0.15, -0.1) is 0 Å². The molecule has 0 saturated carbocycles. The van der Waals surface area contributed by atoms with E-state index in [1.54, 1.807) is 0 Å². The topological polar surface area (TPSA) is 131 Å². The number of benzene rings is 1. The molecule has 6 N–H and O–H groups in total. The van der Waals surface area contributed by atoms with E-state index in [2.05, 4.69) is 9.72 Å². The number of carbonyl (C=O) groups excluding carboxylic acids is 1. The Labute approximate surface area is 121 Å². The normalized spacial score (nSPS) is 11.4. The van der Waals surface area contributed by atoms with Gasteiger partial charge in [-0.1, -0.05) is 18.2 Å². The van der Waals surface area contributed by atoms with E-state index in [0.29, 0.717) is 6.42 Å². The maximum absolute atomic E-state index is 10.6. The van der Waals surface area contributed by atoms with Gasteiger partial charge in [-0.05, 0) is 11.6 Å². The van der Waals surface area contributed by atoms with Crippen LogP contribution in [0.2, 0.25) is 0 Å². The van der Waals surface area contributed by atoms with Crippen LogP contribution in [0.5, 0.6) is 0 Å². The van der Waals surface area contributed by atoms with Gasteiger partial charge in [-0.2, -0.15) is 0 Å². The third-order valence-corrected chi connectivity index (χ3v) is 2.83. The number of nitrogens with two attached hydrogens (primary N) is 2. The molecule has 21 heavy (non-hydrogen) atoms. The Morgan fingerprint density at radius 1 is 1.38 bits per heavy atom. The molecule has 1 aromatic heterocycles. The van der Waals surface area contributed by atoms with E-state index in [1.807, 2.05) is 30.5 Å². The van der Waals surface area contributed by atoms with E-state index in [1.165, 1.54) is 7.11 Å². The minimum absolute atomic E-state index is 0.0312. The zero-order valence-corrected chi connectivity index (χ0v) is 11.7. The lowest BCUT2D eigenvalue weighted by Crippen LogP contribution is -2.32. The van der Waals surface area contributed by atoms with Crippen LogP contribution in [0, 0.1) is 0 Å². The molecule has 0 saturated heterocycles. The summed E-state index contributed by atoms with van der Waals surface area (Å²) in [6.45, 7) is -0.0312. The number of aromatic amines is 1. The zero-order valence-electron chi connectivity index (χ0n) is 11.7. The Balaban J connectivity index is 0.000000315. The summed E-state index contributed by atoms with van der Waals surface area (Å²) in [6, 6.07) is 6.91. The van der Waals surface area contributed by atoms with Gasteiger partial charge in [0.05, 0.1) is 13.7 Å². The SMILES string of the molecule is COC(=O)CN.NC(Cc1c[nH]c2ccccc12)C(=O)O. The maximum atomic E-state index is 10.6. The fourth-order valence-electron chi connectivity index (χ4n) is 1.71. The average Bonchev–Trinajstić information content (AvgIpc) is 2.90. The number of carboxylic acids is 1. The van der Waals surface area contributed by atoms with Crippen molar-refractivity contribution < 1.29 is 19.4 Å². The molecule has 0 amide bonds. The molecule has 2 rings (SSSR count). The fourth-order valence-corrected chi connectivity index (χ4v) is 1.71. The minimum atomic E-state index is -0.972. The van der Waals surface area contributed by atoms with Crippen molar-refractivity contribution in [2.75, 3.05) is 13.7 Å². The monoisotopic (exact) mass is 293 g/mol. The lowest BCUT2D eigenvalue weighted by Gasteiger charge is -2.04. The second-order valence-electron chi connectivity index (χ2n) is 4.29. The van der Waals surface area contributed by atoms with Crippen LogP contribution in [-0.4, -0.2) is 41.7 Å². The molecule has 1 unspecified atom stereocenters. The summed E-state index contributed by atoms with van der Waals surface area (Å²) >= 11 is 0. The first-order chi connectivity index (χ1) is 9.99. The standard InChI is InChI=1S/C11H12N2O2.C3H7NO2/c12-9(11(14)15)5-7-6-13-10-4-2-1-3-8(7)10;1-6-3(5)2-4/h1-4,6,9,13H,5,12H2,(H,14,15);2,4H2,1H3. The molecule has 0 aliphatic carbocycles. The number of rotatable bonds is 4. The van der Waals surface area contributed by atoms with E-state index < -0.39 is 12.0 Å². The van der Waals surface area contributed by atoms with Crippen LogP contribution >= 0.6 is 0 Å². The predicted octanol–water partition coefficient (Wildman–Crippen LogP) is 0.240. The van der Waals surface area contributed by atoms with Gasteiger partial charge in [0.15, 0.2) is 0 Å². The van der Waals surface area contributed by atoms with Gasteiger partial charge in [0, 0.05) is 23.5 Å². The number of nitrogens with one attached hydrogen (secondary N) is 1. The first-order valence-electron chi connectivity index (χ1n) is 6.29. The van der Waals surface area contributed by atoms with Crippen molar-refractivity contribution in [2.45, 2.75) is 12.5 Å². The van der Waals surface area contributed by atoms with Crippen LogP contribution in [0.25, 0.3) is 10.9 Å². The molecule has 114 valence electrons. The van der Waals surface area contributed by atoms with Crippen molar-refractivity contribution in [3.63, 3.8) is 0 Å². The molecule has 1 heterocycles. The number of ether oxygens (including phenoxy) is 1. The molecule has 2 aromatic rings. The van der Waals surface area contributed by atoms with Crippen molar-refractivity contribution in [1.29, 1.82) is 0 Å². The smallest absolute Gasteiger partial charge is 0.320 e. The van der Waals surface area contributed by atoms with E-state index in [9.17, 15) is 9.59 Å². The number of aliphatic carboxylic acids is 1. The third kappa shape index (κ3) is 4.90. The molecule has 0 fully saturated rings. The van der Waals surface area contributed by atoms with Crippen molar-refractivity contribution >= 4 is 22.8 Å². The summed E-state index contributed by atoms with van der Waals surface area (Å²) in [6.07, 6.45) is 2.16. The highest BCUT2D eigenvalue weighted by atomic mass is 16.5. The van der Waals surface area contributed by atoms with Crippen LogP contribution in [-0.2, 0) is 20.7 Å². The number of carbonyl (C=O) groups is 2. The number of H-pyrrole nitrogens is 1. The first-order valence-corrected chi connectivity index (χ1v) is 6.29. The Bertz CT molecular complexity index is 603. The summed E-state index contributed by atoms with van der Waals surface area (Å²) in [7, 11) is 1.30. The van der Waals surface area contributed by atoms with Gasteiger partial charge in [-0.25, -0.2) is 0 Å². The van der Waals surface area contributed by atoms with Crippen LogP contribution in [0.15, 0.2) is 30.5 Å². The number of aromatic nitrogens is 1. The highest BCUT2D eigenvalue weighted by molar-refractivity contribution is 5.84. The summed E-state index contributed by atoms with van der Waals surface area (Å²) in [5, 5.41) is 9.75. The summed E-state index contributed by atoms with van der Waals surface area (Å²) in [4.78, 5) is 23.5. The van der Waals surface area contributed by atoms with E-state index in [-0.39, 0.29) is 12.5 Å². The number of esters is 1. The van der Waals surface area contributed by atoms with Gasteiger partial charge in [0.1, 0.15) is 6.04 Å². The highest BCUT2D eigenvalue weighted by Gasteiger charge is 2.14. The van der Waals surface area contributed by atoms with Gasteiger partial charge in [0.2, 0.25) is 0 Å². The Morgan fingerprint density at radius 2 is 2.05 bits per heavy atom. The van der Waals surface area contributed by atoms with E-state index in [4.69, 9.17) is 16.6 Å². The van der Waals surface area contributed by atoms with Crippen LogP contribution < -0.4 is 11.5 Å². The van der Waals surface area contributed by atoms with E-state index >= 15 is 0 Å². The van der Waals surface area contributed by atoms with Crippen molar-refractivity contribution in [1.82, 2.24) is 4.98 Å². The second kappa shape index (κ2) is 8.03. The molecule has 0 aliphatic rings. The summed E-state index contributed by atoms with van der Waals surface area (Å²) in [5.74, 6) is -1.35. The Kier molecular flexibility index (Phi) is 6.38. The highest BCUT2D eigenvalue weighted by Crippen LogP contribution is 2.18. The van der Waals surface area contributed by atoms with Crippen LogP contribution in [0.3, 0.4) is 0 Å². The maximum Gasteiger partial charge on any atom is 0.320 e. The molecule has 7 nitrogen and oxygen atoms in total. The lowest BCUT2D eigenvalue weighted by atomic mass is 10.1. The van der Waals surface area contributed by atoms with Gasteiger partial charge in [-0.3, -0.25) is 9.59 Å². The molecule has 1 atom stereocenters. The molecule has 0 spiro atoms. The Morgan fingerprint density at radius 3 is 2.57 bits per heavy atom. The molecule has 7 heteroatoms. The minimum Gasteiger partial charge on any atom is -0.480 e. The molecule has 0 radical (unpaired) electrons. The Hall–Kier alpha value is -2.38. The van der Waals surface area contributed by atoms with Crippen LogP contribution in [0.1, 0.15) is 5.56 Å². The van der Waals surface area contributed by atoms with Crippen LogP contribution in [0.4, 0.5) is 0 Å². The van der Waals surface area contributed by atoms with E-state index in [0.717, 1.165) is 16.5 Å². The number of hydrogen-bond donors (Lipinski definition) is 4. The summed E-state index contributed by atoms with van der Waals surface area (Å²) in [5.41, 5.74) is 12.2. The quantitative estimate of drug-likeness (QED) is 0.597. The number of hydrogen-bond acceptors (Lipinski definition) is 5. The first kappa shape index (κ1) is 16.7. The molecule has 1 aromatic carbocycles. The van der Waals surface area contributed by atoms with Crippen molar-refractivity contribution in [3.05, 3.63) is 36.0 Å². The zero-order chi connectivity index (χ0) is 15.8. The molecule has 0 aliphatic heterocycles. The summed E-state index contributed by atoms with van der Waals surface area (Å²) < 4.78 is 4.14. The van der Waals surface area contributed by atoms with Gasteiger partial charge >= 0.3 is 11.9 Å². The average molecular weight is 293 g/mol. The molecular weight excluding hydrogens is 274 g/mol. The lowest BCUT2D eigenvalue weighted by molar-refractivity contribution is -0.139. The van der Waals surface area contributed by atoms with Crippen molar-refractivity contribution in [3.8, 4) is 0 Å². The number of fused-ring (bicyclic) bond motifs is 1. The number of methoxy groups -OCH3 is 1. The van der Waals surface area contributed by atoms with Crippen molar-refractivity contribution in [2.24, 2.45) is 11.5 Å². The largest absolute Gasteiger partial charge is 0.480 e. The van der Waals surface area contributed by atoms with Gasteiger partial charge in [0.25, 0.3) is 0 Å². The number of carboxylic acid groups (broad SMARTS) is 1. The van der Waals surface area contributed by atoms with Gasteiger partial charge < -0.3 is 26.3 Å². The molecular formula is C14H19N3O4. The second-order valence-corrected chi connectivity index (χ2v) is 4.29. The number of para-hydroxylation sites is 1. The fraction of sp³-hybridized carbons (Fsp3) is 0.286. The predicted molar refractivity (Wildman–Crippen MR) is 78.7 cm³/mol. The third-order valence-electron chi connectivity index (χ3n) is 2.83.